The third kappa shape index (κ3) is 2.96. The fraction of sp³-hybridized carbons (Fsp3) is 0.429. The third-order valence-corrected chi connectivity index (χ3v) is 3.46. The van der Waals surface area contributed by atoms with Gasteiger partial charge in [0.1, 0.15) is 0 Å². The van der Waals surface area contributed by atoms with Crippen LogP contribution in [0.15, 0.2) is 24.5 Å². The zero-order valence-corrected chi connectivity index (χ0v) is 12.3. The Kier molecular flexibility index (Phi) is 4.56. The molecule has 0 saturated heterocycles. The van der Waals surface area contributed by atoms with Crippen molar-refractivity contribution in [3.8, 4) is 0 Å². The molecule has 0 bridgehead atoms. The van der Waals surface area contributed by atoms with Crippen LogP contribution < -0.4 is 5.32 Å². The number of nitrogens with zero attached hydrogens (tertiary/aromatic N) is 3. The van der Waals surface area contributed by atoms with Crippen molar-refractivity contribution in [2.75, 3.05) is 6.54 Å². The maximum Gasteiger partial charge on any atom is 0.0837 e. The van der Waals surface area contributed by atoms with Crippen molar-refractivity contribution in [1.29, 1.82) is 0 Å². The Morgan fingerprint density at radius 1 is 1.47 bits per heavy atom. The first-order chi connectivity index (χ1) is 9.15. The zero-order chi connectivity index (χ0) is 13.8. The molecule has 19 heavy (non-hydrogen) atoms. The fourth-order valence-corrected chi connectivity index (χ4v) is 2.46. The van der Waals surface area contributed by atoms with Crippen LogP contribution in [0.25, 0.3) is 0 Å². The van der Waals surface area contributed by atoms with Crippen molar-refractivity contribution in [3.63, 3.8) is 0 Å². The van der Waals surface area contributed by atoms with Crippen LogP contribution in [0.5, 0.6) is 0 Å². The number of aromatic nitrogens is 3. The second-order valence-corrected chi connectivity index (χ2v) is 4.97. The molecule has 2 aromatic heterocycles. The van der Waals surface area contributed by atoms with Gasteiger partial charge in [0.25, 0.3) is 0 Å². The number of hydrogen-bond acceptors (Lipinski definition) is 3. The minimum atomic E-state index is 0.0219. The Morgan fingerprint density at radius 3 is 2.84 bits per heavy atom. The zero-order valence-electron chi connectivity index (χ0n) is 11.5. The number of hydrogen-bond donors (Lipinski definition) is 1. The molecule has 1 N–H and O–H groups in total. The minimum absolute atomic E-state index is 0.0219. The quantitative estimate of drug-likeness (QED) is 0.914. The summed E-state index contributed by atoms with van der Waals surface area (Å²) in [5, 5.41) is 8.43. The Morgan fingerprint density at radius 2 is 2.26 bits per heavy atom. The van der Waals surface area contributed by atoms with Gasteiger partial charge in [0.05, 0.1) is 23.0 Å². The van der Waals surface area contributed by atoms with Gasteiger partial charge in [-0.25, -0.2) is 0 Å². The van der Waals surface area contributed by atoms with Crippen LogP contribution >= 0.6 is 11.6 Å². The summed E-state index contributed by atoms with van der Waals surface area (Å²) in [6, 6.07) is 4.06. The predicted molar refractivity (Wildman–Crippen MR) is 77.3 cm³/mol. The molecule has 1 unspecified atom stereocenters. The summed E-state index contributed by atoms with van der Waals surface area (Å²) < 4.78 is 1.82. The number of halogens is 1. The summed E-state index contributed by atoms with van der Waals surface area (Å²) in [5.74, 6) is 0. The Hall–Kier alpha value is -1.39. The maximum absolute atomic E-state index is 6.28. The highest BCUT2D eigenvalue weighted by Crippen LogP contribution is 2.28. The molecule has 4 nitrogen and oxygen atoms in total. The Balaban J connectivity index is 2.45. The lowest BCUT2D eigenvalue weighted by atomic mass is 10.0. The molecule has 0 fully saturated rings. The molecule has 1 atom stereocenters. The molecule has 5 heteroatoms. The average molecular weight is 279 g/mol. The number of rotatable bonds is 5. The summed E-state index contributed by atoms with van der Waals surface area (Å²) in [6.45, 7) is 5.08. The molecule has 2 aromatic rings. The summed E-state index contributed by atoms with van der Waals surface area (Å²) in [6.07, 6.45) is 4.55. The van der Waals surface area contributed by atoms with E-state index in [9.17, 15) is 0 Å². The van der Waals surface area contributed by atoms with Crippen LogP contribution in [0.3, 0.4) is 0 Å². The van der Waals surface area contributed by atoms with E-state index in [0.717, 1.165) is 29.9 Å². The van der Waals surface area contributed by atoms with E-state index in [0.29, 0.717) is 5.02 Å². The van der Waals surface area contributed by atoms with E-state index in [1.807, 2.05) is 24.7 Å². The number of aryl methyl sites for hydroxylation is 2. The lowest BCUT2D eigenvalue weighted by molar-refractivity contribution is 0.550. The van der Waals surface area contributed by atoms with E-state index in [1.165, 1.54) is 0 Å². The largest absolute Gasteiger partial charge is 0.305 e. The normalized spacial score (nSPS) is 12.6. The summed E-state index contributed by atoms with van der Waals surface area (Å²) in [4.78, 5) is 4.36. The van der Waals surface area contributed by atoms with E-state index < -0.39 is 0 Å². The van der Waals surface area contributed by atoms with E-state index in [1.54, 1.807) is 12.4 Å². The standard InChI is InChI=1S/C14H19ClN4/c1-4-7-17-13(11-6-5-8-16-10(11)2)14-12(15)9-18-19(14)3/h5-6,8-9,13,17H,4,7H2,1-3H3. The summed E-state index contributed by atoms with van der Waals surface area (Å²) >= 11 is 6.28. The molecule has 102 valence electrons. The van der Waals surface area contributed by atoms with Crippen LogP contribution in [-0.4, -0.2) is 21.3 Å². The van der Waals surface area contributed by atoms with Gasteiger partial charge in [-0.15, -0.1) is 0 Å². The van der Waals surface area contributed by atoms with E-state index in [2.05, 4.69) is 28.4 Å². The van der Waals surface area contributed by atoms with Gasteiger partial charge in [0.2, 0.25) is 0 Å². The highest BCUT2D eigenvalue weighted by atomic mass is 35.5. The third-order valence-electron chi connectivity index (χ3n) is 3.17. The van der Waals surface area contributed by atoms with Gasteiger partial charge in [0.15, 0.2) is 0 Å². The molecular formula is C14H19ClN4. The Bertz CT molecular complexity index is 531. The van der Waals surface area contributed by atoms with Crippen LogP contribution in [0.1, 0.15) is 36.3 Å². The van der Waals surface area contributed by atoms with Gasteiger partial charge in [0, 0.05) is 18.9 Å². The molecule has 0 amide bonds. The Labute approximate surface area is 118 Å². The monoisotopic (exact) mass is 278 g/mol. The molecule has 2 heterocycles. The summed E-state index contributed by atoms with van der Waals surface area (Å²) in [5.41, 5.74) is 3.13. The SMILES string of the molecule is CCCNC(c1cccnc1C)c1c(Cl)cnn1C. The molecular weight excluding hydrogens is 260 g/mol. The van der Waals surface area contributed by atoms with Crippen LogP contribution in [0.2, 0.25) is 5.02 Å². The first kappa shape index (κ1) is 14.0. The first-order valence-corrected chi connectivity index (χ1v) is 6.85. The lowest BCUT2D eigenvalue weighted by Gasteiger charge is -2.21. The van der Waals surface area contributed by atoms with Gasteiger partial charge in [-0.1, -0.05) is 24.6 Å². The molecule has 2 rings (SSSR count). The van der Waals surface area contributed by atoms with E-state index in [4.69, 9.17) is 11.6 Å². The van der Waals surface area contributed by atoms with Crippen molar-refractivity contribution in [3.05, 3.63) is 46.5 Å². The molecule has 0 aromatic carbocycles. The van der Waals surface area contributed by atoms with Crippen molar-refractivity contribution in [1.82, 2.24) is 20.1 Å². The number of nitrogens with one attached hydrogen (secondary N) is 1. The molecule has 0 aliphatic heterocycles. The van der Waals surface area contributed by atoms with Gasteiger partial charge < -0.3 is 5.32 Å². The van der Waals surface area contributed by atoms with Crippen molar-refractivity contribution in [2.45, 2.75) is 26.3 Å². The van der Waals surface area contributed by atoms with E-state index >= 15 is 0 Å². The number of pyridine rings is 1. The first-order valence-electron chi connectivity index (χ1n) is 6.47. The van der Waals surface area contributed by atoms with Crippen molar-refractivity contribution in [2.24, 2.45) is 7.05 Å². The topological polar surface area (TPSA) is 42.7 Å². The molecule has 0 aliphatic rings. The van der Waals surface area contributed by atoms with Crippen LogP contribution in [0.4, 0.5) is 0 Å². The molecule has 0 spiro atoms. The van der Waals surface area contributed by atoms with Gasteiger partial charge >= 0.3 is 0 Å². The van der Waals surface area contributed by atoms with Crippen molar-refractivity contribution < 1.29 is 0 Å². The maximum atomic E-state index is 6.28. The van der Waals surface area contributed by atoms with Crippen LogP contribution in [0, 0.1) is 6.92 Å². The van der Waals surface area contributed by atoms with Gasteiger partial charge in [-0.3, -0.25) is 9.67 Å². The van der Waals surface area contributed by atoms with Crippen molar-refractivity contribution >= 4 is 11.6 Å². The highest BCUT2D eigenvalue weighted by molar-refractivity contribution is 6.31. The predicted octanol–water partition coefficient (Wildman–Crippen LogP) is 2.87. The molecule has 0 saturated carbocycles. The highest BCUT2D eigenvalue weighted by Gasteiger charge is 2.22. The second kappa shape index (κ2) is 6.17. The second-order valence-electron chi connectivity index (χ2n) is 4.57. The van der Waals surface area contributed by atoms with Gasteiger partial charge in [-0.2, -0.15) is 5.10 Å². The smallest absolute Gasteiger partial charge is 0.0837 e. The summed E-state index contributed by atoms with van der Waals surface area (Å²) in [7, 11) is 1.91. The van der Waals surface area contributed by atoms with E-state index in [-0.39, 0.29) is 6.04 Å². The fourth-order valence-electron chi connectivity index (χ4n) is 2.19. The van der Waals surface area contributed by atoms with Gasteiger partial charge in [-0.05, 0) is 31.5 Å². The minimum Gasteiger partial charge on any atom is -0.305 e. The van der Waals surface area contributed by atoms with Crippen LogP contribution in [-0.2, 0) is 7.05 Å². The molecule has 0 aliphatic carbocycles. The average Bonchev–Trinajstić information content (AvgIpc) is 2.73. The lowest BCUT2D eigenvalue weighted by Crippen LogP contribution is -2.26. The molecule has 0 radical (unpaired) electrons.